The molecule has 1 fully saturated rings. The van der Waals surface area contributed by atoms with Crippen LogP contribution in [0.1, 0.15) is 24.1 Å². The first-order valence-corrected chi connectivity index (χ1v) is 9.54. The highest BCUT2D eigenvalue weighted by Crippen LogP contribution is 2.31. The largest absolute Gasteiger partial charge is 0.433 e. The minimum Gasteiger partial charge on any atom is -0.363 e. The third kappa shape index (κ3) is 5.37. The van der Waals surface area contributed by atoms with Gasteiger partial charge in [0.1, 0.15) is 11.6 Å². The Morgan fingerprint density at radius 3 is 2.37 bits per heavy atom. The van der Waals surface area contributed by atoms with E-state index >= 15 is 0 Å². The van der Waals surface area contributed by atoms with Crippen LogP contribution in [0, 0.1) is 11.7 Å². The van der Waals surface area contributed by atoms with E-state index in [1.807, 2.05) is 0 Å². The van der Waals surface area contributed by atoms with Crippen LogP contribution in [0.5, 0.6) is 0 Å². The molecule has 30 heavy (non-hydrogen) atoms. The molecule has 1 aliphatic rings. The van der Waals surface area contributed by atoms with E-state index in [0.29, 0.717) is 32.5 Å². The van der Waals surface area contributed by atoms with Crippen molar-refractivity contribution in [2.24, 2.45) is 5.92 Å². The summed E-state index contributed by atoms with van der Waals surface area (Å²) in [4.78, 5) is 23.5. The third-order valence-electron chi connectivity index (χ3n) is 4.98. The lowest BCUT2D eigenvalue weighted by Gasteiger charge is -2.32. The number of nitrogens with zero attached hydrogens (tertiary/aromatic N) is 4. The molecule has 0 spiro atoms. The second kappa shape index (κ2) is 8.85. The number of hydrogen-bond donors (Lipinski definition) is 1. The van der Waals surface area contributed by atoms with Crippen molar-refractivity contribution in [1.82, 2.24) is 15.3 Å². The fourth-order valence-electron chi connectivity index (χ4n) is 3.22. The van der Waals surface area contributed by atoms with Crippen molar-refractivity contribution in [3.8, 4) is 0 Å². The molecule has 0 unspecified atom stereocenters. The molecule has 10 heteroatoms. The summed E-state index contributed by atoms with van der Waals surface area (Å²) in [5.74, 6) is -0.532. The zero-order valence-corrected chi connectivity index (χ0v) is 16.7. The Morgan fingerprint density at radius 1 is 1.17 bits per heavy atom. The SMILES string of the molecule is CN(C)c1cc(C(F)(F)F)nc(N2CCC(C(=O)NCc3ccc(F)cc3)CC2)n1. The molecule has 0 atom stereocenters. The van der Waals surface area contributed by atoms with Crippen LogP contribution in [0.4, 0.5) is 29.3 Å². The number of amides is 1. The maximum atomic E-state index is 13.2. The molecule has 2 heterocycles. The average Bonchev–Trinajstić information content (AvgIpc) is 2.72. The van der Waals surface area contributed by atoms with Crippen LogP contribution >= 0.6 is 0 Å². The number of alkyl halides is 3. The molecule has 1 N–H and O–H groups in total. The lowest BCUT2D eigenvalue weighted by Crippen LogP contribution is -2.41. The van der Waals surface area contributed by atoms with E-state index in [4.69, 9.17) is 0 Å². The number of carbonyl (C=O) groups is 1. The molecule has 0 saturated carbocycles. The topological polar surface area (TPSA) is 61.4 Å². The van der Waals surface area contributed by atoms with Crippen molar-refractivity contribution in [2.75, 3.05) is 37.0 Å². The Hall–Kier alpha value is -2.91. The molecule has 1 aromatic carbocycles. The first-order valence-electron chi connectivity index (χ1n) is 9.54. The number of benzene rings is 1. The molecular weight excluding hydrogens is 402 g/mol. The van der Waals surface area contributed by atoms with E-state index in [1.165, 1.54) is 17.0 Å². The smallest absolute Gasteiger partial charge is 0.363 e. The van der Waals surface area contributed by atoms with Gasteiger partial charge in [-0.05, 0) is 30.5 Å². The van der Waals surface area contributed by atoms with Gasteiger partial charge in [0.15, 0.2) is 5.69 Å². The summed E-state index contributed by atoms with van der Waals surface area (Å²) in [7, 11) is 3.23. The number of piperidine rings is 1. The lowest BCUT2D eigenvalue weighted by molar-refractivity contribution is -0.141. The summed E-state index contributed by atoms with van der Waals surface area (Å²) in [6.07, 6.45) is -3.61. The highest BCUT2D eigenvalue weighted by molar-refractivity contribution is 5.79. The van der Waals surface area contributed by atoms with Gasteiger partial charge in [-0.1, -0.05) is 12.1 Å². The van der Waals surface area contributed by atoms with Crippen LogP contribution in [0.15, 0.2) is 30.3 Å². The van der Waals surface area contributed by atoms with Gasteiger partial charge in [0.2, 0.25) is 11.9 Å². The monoisotopic (exact) mass is 425 g/mol. The summed E-state index contributed by atoms with van der Waals surface area (Å²) < 4.78 is 52.5. The van der Waals surface area contributed by atoms with Crippen LogP contribution < -0.4 is 15.1 Å². The summed E-state index contributed by atoms with van der Waals surface area (Å²) in [6.45, 7) is 1.05. The van der Waals surface area contributed by atoms with Gasteiger partial charge in [-0.3, -0.25) is 4.79 Å². The van der Waals surface area contributed by atoms with E-state index in [1.54, 1.807) is 31.1 Å². The Balaban J connectivity index is 1.61. The molecule has 2 aromatic rings. The molecule has 0 aliphatic carbocycles. The number of rotatable bonds is 5. The number of carbonyl (C=O) groups excluding carboxylic acids is 1. The van der Waals surface area contributed by atoms with Gasteiger partial charge in [-0.15, -0.1) is 0 Å². The van der Waals surface area contributed by atoms with Crippen molar-refractivity contribution >= 4 is 17.7 Å². The molecule has 0 bridgehead atoms. The van der Waals surface area contributed by atoms with Crippen LogP contribution in [-0.2, 0) is 17.5 Å². The Morgan fingerprint density at radius 2 is 1.80 bits per heavy atom. The van der Waals surface area contributed by atoms with Crippen LogP contribution in [-0.4, -0.2) is 43.1 Å². The minimum atomic E-state index is -4.57. The number of nitrogens with one attached hydrogen (secondary N) is 1. The van der Waals surface area contributed by atoms with E-state index in [2.05, 4.69) is 15.3 Å². The second-order valence-corrected chi connectivity index (χ2v) is 7.41. The predicted octanol–water partition coefficient (Wildman–Crippen LogP) is 3.23. The first-order chi connectivity index (χ1) is 14.1. The van der Waals surface area contributed by atoms with Crippen molar-refractivity contribution in [3.05, 3.63) is 47.4 Å². The second-order valence-electron chi connectivity index (χ2n) is 7.41. The maximum absolute atomic E-state index is 13.2. The van der Waals surface area contributed by atoms with Crippen LogP contribution in [0.2, 0.25) is 0 Å². The first kappa shape index (κ1) is 21.8. The van der Waals surface area contributed by atoms with Crippen molar-refractivity contribution in [1.29, 1.82) is 0 Å². The van der Waals surface area contributed by atoms with Crippen molar-refractivity contribution < 1.29 is 22.4 Å². The Kier molecular flexibility index (Phi) is 6.42. The fourth-order valence-corrected chi connectivity index (χ4v) is 3.22. The van der Waals surface area contributed by atoms with Gasteiger partial charge < -0.3 is 15.1 Å². The zero-order valence-electron chi connectivity index (χ0n) is 16.7. The van der Waals surface area contributed by atoms with Crippen LogP contribution in [0.25, 0.3) is 0 Å². The molecule has 6 nitrogen and oxygen atoms in total. The molecule has 1 saturated heterocycles. The summed E-state index contributed by atoms with van der Waals surface area (Å²) in [6, 6.07) is 6.78. The number of anilines is 2. The van der Waals surface area contributed by atoms with Crippen molar-refractivity contribution in [3.63, 3.8) is 0 Å². The standard InChI is InChI=1S/C20H23F4N5O/c1-28(2)17-11-16(20(22,23)24)26-19(27-17)29-9-7-14(8-10-29)18(30)25-12-13-3-5-15(21)6-4-13/h3-6,11,14H,7-10,12H2,1-2H3,(H,25,30). The third-order valence-corrected chi connectivity index (χ3v) is 4.98. The van der Waals surface area contributed by atoms with Crippen LogP contribution in [0.3, 0.4) is 0 Å². The van der Waals surface area contributed by atoms with Gasteiger partial charge in [-0.2, -0.15) is 18.2 Å². The average molecular weight is 425 g/mol. The highest BCUT2D eigenvalue weighted by atomic mass is 19.4. The summed E-state index contributed by atoms with van der Waals surface area (Å²) >= 11 is 0. The quantitative estimate of drug-likeness (QED) is 0.746. The molecule has 0 radical (unpaired) electrons. The fraction of sp³-hybridized carbons (Fsp3) is 0.450. The van der Waals surface area contributed by atoms with Crippen molar-refractivity contribution in [2.45, 2.75) is 25.6 Å². The normalized spacial score (nSPS) is 15.2. The predicted molar refractivity (Wildman–Crippen MR) is 105 cm³/mol. The van der Waals surface area contributed by atoms with Gasteiger partial charge in [0.05, 0.1) is 0 Å². The zero-order chi connectivity index (χ0) is 21.9. The Labute approximate surface area is 171 Å². The number of halogens is 4. The molecular formula is C20H23F4N5O. The maximum Gasteiger partial charge on any atom is 0.433 e. The van der Waals surface area contributed by atoms with Gasteiger partial charge >= 0.3 is 6.18 Å². The Bertz CT molecular complexity index is 878. The summed E-state index contributed by atoms with van der Waals surface area (Å²) in [5.41, 5.74) is -0.203. The number of aromatic nitrogens is 2. The highest BCUT2D eigenvalue weighted by Gasteiger charge is 2.35. The van der Waals surface area contributed by atoms with Gasteiger partial charge in [-0.25, -0.2) is 9.37 Å². The molecule has 1 aromatic heterocycles. The number of hydrogen-bond acceptors (Lipinski definition) is 5. The summed E-state index contributed by atoms with van der Waals surface area (Å²) in [5, 5.41) is 2.83. The molecule has 3 rings (SSSR count). The molecule has 1 amide bonds. The molecule has 162 valence electrons. The van der Waals surface area contributed by atoms with E-state index in [-0.39, 0.29) is 29.4 Å². The molecule has 1 aliphatic heterocycles. The van der Waals surface area contributed by atoms with Gasteiger partial charge in [0.25, 0.3) is 0 Å². The van der Waals surface area contributed by atoms with E-state index in [0.717, 1.165) is 11.6 Å². The van der Waals surface area contributed by atoms with Gasteiger partial charge in [0, 0.05) is 45.7 Å². The van der Waals surface area contributed by atoms with E-state index < -0.39 is 11.9 Å². The lowest BCUT2D eigenvalue weighted by atomic mass is 9.96. The van der Waals surface area contributed by atoms with E-state index in [9.17, 15) is 22.4 Å². The minimum absolute atomic E-state index is 0.0127.